The number of ether oxygens (including phenoxy) is 1. The fraction of sp³-hybridized carbons (Fsp3) is 0.700. The fourth-order valence-corrected chi connectivity index (χ4v) is 1.69. The van der Waals surface area contributed by atoms with Crippen molar-refractivity contribution in [3.05, 3.63) is 12.0 Å². The van der Waals surface area contributed by atoms with E-state index in [4.69, 9.17) is 4.74 Å². The Hall–Kier alpha value is -0.990. The molecule has 0 atom stereocenters. The molecule has 0 saturated heterocycles. The lowest BCUT2D eigenvalue weighted by Crippen LogP contribution is -2.22. The predicted molar refractivity (Wildman–Crippen MR) is 51.0 cm³/mol. The first-order valence-corrected chi connectivity index (χ1v) is 4.78. The third-order valence-electron chi connectivity index (χ3n) is 2.27. The Bertz CT molecular complexity index is 309. The lowest BCUT2D eigenvalue weighted by Gasteiger charge is -2.23. The van der Waals surface area contributed by atoms with E-state index in [1.54, 1.807) is 0 Å². The molecule has 1 aromatic heterocycles. The van der Waals surface area contributed by atoms with E-state index in [9.17, 15) is 0 Å². The summed E-state index contributed by atoms with van der Waals surface area (Å²) in [6, 6.07) is 0. The van der Waals surface area contributed by atoms with Crippen LogP contribution in [0.5, 0.6) is 5.88 Å². The highest BCUT2D eigenvalue weighted by Gasteiger charge is 2.24. The zero-order valence-corrected chi connectivity index (χ0v) is 8.50. The molecule has 0 amide bonds. The molecule has 0 aliphatic carbocycles. The van der Waals surface area contributed by atoms with Gasteiger partial charge in [0.05, 0.1) is 12.8 Å². The molecular formula is C10H16N2O. The normalized spacial score (nSPS) is 16.5. The maximum atomic E-state index is 5.50. The van der Waals surface area contributed by atoms with E-state index in [-0.39, 0.29) is 5.41 Å². The van der Waals surface area contributed by atoms with Crippen molar-refractivity contribution in [3.8, 4) is 5.88 Å². The van der Waals surface area contributed by atoms with Crippen molar-refractivity contribution in [2.45, 2.75) is 39.2 Å². The Labute approximate surface area is 78.7 Å². The van der Waals surface area contributed by atoms with Crippen LogP contribution in [0.1, 0.15) is 33.0 Å². The standard InChI is InChI=1S/C10H16N2O/c1-10(2,3)9-11-7-8-12(9)5-4-6-13-8/h7H,4-6H2,1-3H3. The first-order valence-electron chi connectivity index (χ1n) is 4.78. The van der Waals surface area contributed by atoms with Crippen LogP contribution in [0.15, 0.2) is 6.20 Å². The molecule has 0 unspecified atom stereocenters. The number of hydrogen-bond acceptors (Lipinski definition) is 2. The lowest BCUT2D eigenvalue weighted by molar-refractivity contribution is 0.235. The molecule has 0 saturated carbocycles. The SMILES string of the molecule is CC(C)(C)c1ncc2n1CCCO2. The molecule has 2 rings (SSSR count). The number of rotatable bonds is 0. The first-order chi connectivity index (χ1) is 6.09. The second-order valence-corrected chi connectivity index (χ2v) is 4.52. The minimum absolute atomic E-state index is 0.110. The maximum absolute atomic E-state index is 5.50. The number of hydrogen-bond donors (Lipinski definition) is 0. The Kier molecular flexibility index (Phi) is 1.82. The Morgan fingerprint density at radius 3 is 2.92 bits per heavy atom. The molecule has 0 fully saturated rings. The van der Waals surface area contributed by atoms with E-state index < -0.39 is 0 Å². The van der Waals surface area contributed by atoms with Crippen molar-refractivity contribution in [2.24, 2.45) is 0 Å². The number of imidazole rings is 1. The van der Waals surface area contributed by atoms with Gasteiger partial charge in [0.25, 0.3) is 0 Å². The van der Waals surface area contributed by atoms with Gasteiger partial charge in [-0.15, -0.1) is 0 Å². The number of aromatic nitrogens is 2. The number of fused-ring (bicyclic) bond motifs is 1. The molecule has 1 aliphatic heterocycles. The first kappa shape index (κ1) is 8.60. The molecule has 3 heteroatoms. The quantitative estimate of drug-likeness (QED) is 0.610. The molecule has 2 heterocycles. The summed E-state index contributed by atoms with van der Waals surface area (Å²) in [5, 5.41) is 0. The molecule has 0 bridgehead atoms. The summed E-state index contributed by atoms with van der Waals surface area (Å²) in [7, 11) is 0. The van der Waals surface area contributed by atoms with Crippen LogP contribution < -0.4 is 4.74 Å². The van der Waals surface area contributed by atoms with E-state index in [1.807, 2.05) is 6.20 Å². The summed E-state index contributed by atoms with van der Waals surface area (Å²) >= 11 is 0. The minimum Gasteiger partial charge on any atom is -0.478 e. The van der Waals surface area contributed by atoms with E-state index in [1.165, 1.54) is 0 Å². The predicted octanol–water partition coefficient (Wildman–Crippen LogP) is 1.96. The van der Waals surface area contributed by atoms with E-state index in [0.29, 0.717) is 0 Å². The highest BCUT2D eigenvalue weighted by atomic mass is 16.5. The summed E-state index contributed by atoms with van der Waals surface area (Å²) in [6.45, 7) is 8.41. The van der Waals surface area contributed by atoms with Crippen LogP contribution >= 0.6 is 0 Å². The van der Waals surface area contributed by atoms with Crippen LogP contribution in [0, 0.1) is 0 Å². The molecule has 0 spiro atoms. The van der Waals surface area contributed by atoms with Crippen LogP contribution in [0.3, 0.4) is 0 Å². The van der Waals surface area contributed by atoms with Crippen LogP contribution in [0.25, 0.3) is 0 Å². The fourth-order valence-electron chi connectivity index (χ4n) is 1.69. The Morgan fingerprint density at radius 1 is 1.46 bits per heavy atom. The van der Waals surface area contributed by atoms with Crippen LogP contribution in [0.4, 0.5) is 0 Å². The average molecular weight is 180 g/mol. The smallest absolute Gasteiger partial charge is 0.213 e. The second-order valence-electron chi connectivity index (χ2n) is 4.52. The van der Waals surface area contributed by atoms with Gasteiger partial charge in [-0.1, -0.05) is 20.8 Å². The minimum atomic E-state index is 0.110. The lowest BCUT2D eigenvalue weighted by atomic mass is 9.95. The Balaban J connectivity index is 2.43. The van der Waals surface area contributed by atoms with Gasteiger partial charge in [0.1, 0.15) is 5.82 Å². The molecular weight excluding hydrogens is 164 g/mol. The van der Waals surface area contributed by atoms with E-state index in [0.717, 1.165) is 31.3 Å². The van der Waals surface area contributed by atoms with Gasteiger partial charge in [-0.2, -0.15) is 0 Å². The zero-order valence-electron chi connectivity index (χ0n) is 8.50. The zero-order chi connectivity index (χ0) is 9.47. The van der Waals surface area contributed by atoms with Crippen molar-refractivity contribution in [1.29, 1.82) is 0 Å². The van der Waals surface area contributed by atoms with Gasteiger partial charge in [0, 0.05) is 12.0 Å². The molecule has 72 valence electrons. The van der Waals surface area contributed by atoms with E-state index in [2.05, 4.69) is 30.3 Å². The molecule has 0 aromatic carbocycles. The van der Waals surface area contributed by atoms with E-state index >= 15 is 0 Å². The summed E-state index contributed by atoms with van der Waals surface area (Å²) in [4.78, 5) is 4.41. The van der Waals surface area contributed by atoms with Gasteiger partial charge in [0.15, 0.2) is 0 Å². The van der Waals surface area contributed by atoms with Gasteiger partial charge in [-0.3, -0.25) is 4.57 Å². The molecule has 1 aromatic rings. The molecule has 0 N–H and O–H groups in total. The molecule has 1 aliphatic rings. The summed E-state index contributed by atoms with van der Waals surface area (Å²) in [6.07, 6.45) is 2.92. The highest BCUT2D eigenvalue weighted by molar-refractivity contribution is 5.17. The molecule has 3 nitrogen and oxygen atoms in total. The van der Waals surface area contributed by atoms with Crippen LogP contribution in [0.2, 0.25) is 0 Å². The Morgan fingerprint density at radius 2 is 2.23 bits per heavy atom. The van der Waals surface area contributed by atoms with Crippen LogP contribution in [-0.4, -0.2) is 16.2 Å². The van der Waals surface area contributed by atoms with Gasteiger partial charge in [0.2, 0.25) is 5.88 Å². The van der Waals surface area contributed by atoms with Crippen LogP contribution in [-0.2, 0) is 12.0 Å². The van der Waals surface area contributed by atoms with Gasteiger partial charge in [-0.05, 0) is 6.42 Å². The highest BCUT2D eigenvalue weighted by Crippen LogP contribution is 2.27. The third kappa shape index (κ3) is 1.43. The van der Waals surface area contributed by atoms with Gasteiger partial charge < -0.3 is 4.74 Å². The van der Waals surface area contributed by atoms with Gasteiger partial charge >= 0.3 is 0 Å². The third-order valence-corrected chi connectivity index (χ3v) is 2.27. The molecule has 13 heavy (non-hydrogen) atoms. The van der Waals surface area contributed by atoms with Crippen molar-refractivity contribution in [3.63, 3.8) is 0 Å². The van der Waals surface area contributed by atoms with Gasteiger partial charge in [-0.25, -0.2) is 4.98 Å². The monoisotopic (exact) mass is 180 g/mol. The van der Waals surface area contributed by atoms with Crippen molar-refractivity contribution in [2.75, 3.05) is 6.61 Å². The van der Waals surface area contributed by atoms with Crippen molar-refractivity contribution >= 4 is 0 Å². The van der Waals surface area contributed by atoms with Crippen molar-refractivity contribution < 1.29 is 4.74 Å². The summed E-state index contributed by atoms with van der Waals surface area (Å²) in [5.74, 6) is 2.05. The largest absolute Gasteiger partial charge is 0.478 e. The summed E-state index contributed by atoms with van der Waals surface area (Å²) in [5.41, 5.74) is 0.110. The second kappa shape index (κ2) is 2.76. The summed E-state index contributed by atoms with van der Waals surface area (Å²) < 4.78 is 7.68. The number of nitrogens with zero attached hydrogens (tertiary/aromatic N) is 2. The van der Waals surface area contributed by atoms with Crippen molar-refractivity contribution in [1.82, 2.24) is 9.55 Å². The molecule has 0 radical (unpaired) electrons. The average Bonchev–Trinajstić information content (AvgIpc) is 2.45. The topological polar surface area (TPSA) is 27.1 Å². The maximum Gasteiger partial charge on any atom is 0.213 e.